The van der Waals surface area contributed by atoms with E-state index in [0.29, 0.717) is 19.8 Å². The Hall–Kier alpha value is -0.120. The molecule has 0 aromatic heterocycles. The van der Waals surface area contributed by atoms with E-state index in [-0.39, 0.29) is 11.5 Å². The van der Waals surface area contributed by atoms with Crippen LogP contribution in [0.15, 0.2) is 0 Å². The molecule has 1 fully saturated rings. The first-order valence-electron chi connectivity index (χ1n) is 3.71. The molecule has 3 heteroatoms. The van der Waals surface area contributed by atoms with Gasteiger partial charge in [0, 0.05) is 12.0 Å². The van der Waals surface area contributed by atoms with Gasteiger partial charge in [-0.2, -0.15) is 0 Å². The van der Waals surface area contributed by atoms with Gasteiger partial charge >= 0.3 is 0 Å². The Morgan fingerprint density at radius 3 is 2.40 bits per heavy atom. The van der Waals surface area contributed by atoms with Crippen LogP contribution in [-0.4, -0.2) is 31.0 Å². The average molecular weight is 145 g/mol. The molecule has 3 nitrogen and oxygen atoms in total. The number of nitrogens with two attached hydrogens (primary N) is 1. The third kappa shape index (κ3) is 1.05. The first-order chi connectivity index (χ1) is 4.75. The lowest BCUT2D eigenvalue weighted by Gasteiger charge is -2.44. The molecule has 1 atom stereocenters. The second-order valence-corrected chi connectivity index (χ2v) is 2.96. The molecule has 0 aromatic rings. The molecule has 0 aliphatic carbocycles. The lowest BCUT2D eigenvalue weighted by atomic mass is 9.78. The molecule has 1 aliphatic heterocycles. The standard InChI is InChI=1S/C7H15NO2/c1-2-7(4-10-5-7)6(9)3-8/h6,9H,2-5,8H2,1H3/t6-/m0/s1. The van der Waals surface area contributed by atoms with Crippen LogP contribution >= 0.6 is 0 Å². The zero-order chi connectivity index (χ0) is 7.61. The Labute approximate surface area is 61.2 Å². The second kappa shape index (κ2) is 2.86. The predicted octanol–water partition coefficient (Wildman–Crippen LogP) is -0.267. The predicted molar refractivity (Wildman–Crippen MR) is 38.6 cm³/mol. The molecule has 0 radical (unpaired) electrons. The molecular formula is C7H15NO2. The van der Waals surface area contributed by atoms with Crippen LogP contribution in [-0.2, 0) is 4.74 Å². The van der Waals surface area contributed by atoms with E-state index < -0.39 is 0 Å². The highest BCUT2D eigenvalue weighted by Gasteiger charge is 2.42. The van der Waals surface area contributed by atoms with Gasteiger partial charge in [0.25, 0.3) is 0 Å². The molecule has 0 bridgehead atoms. The minimum Gasteiger partial charge on any atom is -0.391 e. The molecule has 10 heavy (non-hydrogen) atoms. The Kier molecular flexibility index (Phi) is 2.28. The van der Waals surface area contributed by atoms with Gasteiger partial charge in [0.15, 0.2) is 0 Å². The van der Waals surface area contributed by atoms with E-state index in [0.717, 1.165) is 6.42 Å². The van der Waals surface area contributed by atoms with Crippen molar-refractivity contribution in [3.05, 3.63) is 0 Å². The van der Waals surface area contributed by atoms with Gasteiger partial charge in [0.1, 0.15) is 0 Å². The molecule has 0 spiro atoms. The van der Waals surface area contributed by atoms with Crippen LogP contribution in [0.3, 0.4) is 0 Å². The first-order valence-corrected chi connectivity index (χ1v) is 3.71. The lowest BCUT2D eigenvalue weighted by Crippen LogP contribution is -2.53. The average Bonchev–Trinajstić information content (AvgIpc) is 1.86. The summed E-state index contributed by atoms with van der Waals surface area (Å²) >= 11 is 0. The topological polar surface area (TPSA) is 55.5 Å². The number of hydrogen-bond donors (Lipinski definition) is 2. The van der Waals surface area contributed by atoms with Crippen LogP contribution < -0.4 is 5.73 Å². The molecule has 60 valence electrons. The number of ether oxygens (including phenoxy) is 1. The number of aliphatic hydroxyl groups is 1. The van der Waals surface area contributed by atoms with Crippen molar-refractivity contribution in [3.8, 4) is 0 Å². The zero-order valence-electron chi connectivity index (χ0n) is 6.34. The quantitative estimate of drug-likeness (QED) is 0.575. The maximum atomic E-state index is 9.42. The van der Waals surface area contributed by atoms with Crippen molar-refractivity contribution in [2.24, 2.45) is 11.1 Å². The summed E-state index contributed by atoms with van der Waals surface area (Å²) in [7, 11) is 0. The Morgan fingerprint density at radius 1 is 1.70 bits per heavy atom. The van der Waals surface area contributed by atoms with E-state index in [2.05, 4.69) is 6.92 Å². The summed E-state index contributed by atoms with van der Waals surface area (Å²) in [6, 6.07) is 0. The lowest BCUT2D eigenvalue weighted by molar-refractivity contribution is -0.170. The van der Waals surface area contributed by atoms with Crippen molar-refractivity contribution in [2.45, 2.75) is 19.4 Å². The highest BCUT2D eigenvalue weighted by molar-refractivity contribution is 4.91. The van der Waals surface area contributed by atoms with Gasteiger partial charge in [-0.15, -0.1) is 0 Å². The molecule has 3 N–H and O–H groups in total. The molecule has 1 heterocycles. The van der Waals surface area contributed by atoms with Crippen molar-refractivity contribution in [3.63, 3.8) is 0 Å². The largest absolute Gasteiger partial charge is 0.391 e. The fraction of sp³-hybridized carbons (Fsp3) is 1.00. The van der Waals surface area contributed by atoms with Gasteiger partial charge in [0.2, 0.25) is 0 Å². The van der Waals surface area contributed by atoms with Gasteiger partial charge in [-0.1, -0.05) is 6.92 Å². The van der Waals surface area contributed by atoms with Crippen molar-refractivity contribution < 1.29 is 9.84 Å². The van der Waals surface area contributed by atoms with Crippen molar-refractivity contribution in [1.82, 2.24) is 0 Å². The molecule has 0 unspecified atom stereocenters. The summed E-state index contributed by atoms with van der Waals surface area (Å²) in [4.78, 5) is 0. The van der Waals surface area contributed by atoms with E-state index >= 15 is 0 Å². The molecule has 0 aromatic carbocycles. The third-order valence-corrected chi connectivity index (χ3v) is 2.41. The molecule has 1 saturated heterocycles. The minimum atomic E-state index is -0.383. The maximum Gasteiger partial charge on any atom is 0.0762 e. The van der Waals surface area contributed by atoms with Gasteiger partial charge in [-0.25, -0.2) is 0 Å². The van der Waals surface area contributed by atoms with Crippen LogP contribution in [0.4, 0.5) is 0 Å². The van der Waals surface area contributed by atoms with E-state index in [1.165, 1.54) is 0 Å². The van der Waals surface area contributed by atoms with E-state index in [1.807, 2.05) is 0 Å². The van der Waals surface area contributed by atoms with Crippen LogP contribution in [0, 0.1) is 5.41 Å². The normalized spacial score (nSPS) is 25.5. The number of rotatable bonds is 3. The summed E-state index contributed by atoms with van der Waals surface area (Å²) < 4.78 is 5.04. The van der Waals surface area contributed by atoms with Crippen molar-refractivity contribution in [1.29, 1.82) is 0 Å². The van der Waals surface area contributed by atoms with E-state index in [1.54, 1.807) is 0 Å². The van der Waals surface area contributed by atoms with E-state index in [9.17, 15) is 5.11 Å². The van der Waals surface area contributed by atoms with Gasteiger partial charge < -0.3 is 15.6 Å². The summed E-state index contributed by atoms with van der Waals surface area (Å²) in [6.45, 7) is 3.74. The number of aliphatic hydroxyl groups excluding tert-OH is 1. The monoisotopic (exact) mass is 145 g/mol. The van der Waals surface area contributed by atoms with Crippen molar-refractivity contribution >= 4 is 0 Å². The fourth-order valence-electron chi connectivity index (χ4n) is 1.25. The first kappa shape index (κ1) is 7.98. The molecule has 1 rings (SSSR count). The molecule has 1 aliphatic rings. The third-order valence-electron chi connectivity index (χ3n) is 2.41. The van der Waals surface area contributed by atoms with Gasteiger partial charge in [-0.3, -0.25) is 0 Å². The van der Waals surface area contributed by atoms with Crippen LogP contribution in [0.5, 0.6) is 0 Å². The summed E-state index contributed by atoms with van der Waals surface area (Å²) in [5.41, 5.74) is 5.32. The van der Waals surface area contributed by atoms with Gasteiger partial charge in [0.05, 0.1) is 19.3 Å². The van der Waals surface area contributed by atoms with Crippen molar-refractivity contribution in [2.75, 3.05) is 19.8 Å². The van der Waals surface area contributed by atoms with Crippen LogP contribution in [0.1, 0.15) is 13.3 Å². The molecule has 0 amide bonds. The fourth-order valence-corrected chi connectivity index (χ4v) is 1.25. The highest BCUT2D eigenvalue weighted by Crippen LogP contribution is 2.34. The maximum absolute atomic E-state index is 9.42. The zero-order valence-corrected chi connectivity index (χ0v) is 6.34. The Bertz CT molecular complexity index is 107. The van der Waals surface area contributed by atoms with Gasteiger partial charge in [-0.05, 0) is 6.42 Å². The second-order valence-electron chi connectivity index (χ2n) is 2.96. The summed E-state index contributed by atoms with van der Waals surface area (Å²) in [6.07, 6.45) is 0.567. The summed E-state index contributed by atoms with van der Waals surface area (Å²) in [5.74, 6) is 0. The minimum absolute atomic E-state index is 0.0191. The molecule has 0 saturated carbocycles. The molecular weight excluding hydrogens is 130 g/mol. The van der Waals surface area contributed by atoms with Crippen LogP contribution in [0.25, 0.3) is 0 Å². The number of hydrogen-bond acceptors (Lipinski definition) is 3. The Balaban J connectivity index is 2.46. The van der Waals surface area contributed by atoms with E-state index in [4.69, 9.17) is 10.5 Å². The Morgan fingerprint density at radius 2 is 2.30 bits per heavy atom. The highest BCUT2D eigenvalue weighted by atomic mass is 16.5. The summed E-state index contributed by atoms with van der Waals surface area (Å²) in [5, 5.41) is 9.42. The van der Waals surface area contributed by atoms with Crippen LogP contribution in [0.2, 0.25) is 0 Å². The smallest absolute Gasteiger partial charge is 0.0762 e. The SMILES string of the molecule is CCC1([C@@H](O)CN)COC1.